The zero-order chi connectivity index (χ0) is 47.0. The maximum Gasteiger partial charge on any atom is 0.0988 e. The number of rotatable bonds is 22. The van der Waals surface area contributed by atoms with E-state index < -0.39 is 0 Å². The van der Waals surface area contributed by atoms with Crippen molar-refractivity contribution in [2.24, 2.45) is 0 Å². The van der Waals surface area contributed by atoms with E-state index in [1.807, 2.05) is 22.7 Å². The molecular formula is C63H71N3S2. The third kappa shape index (κ3) is 10.5. The molecule has 5 heteroatoms. The zero-order valence-electron chi connectivity index (χ0n) is 41.6. The largest absolute Gasteiger partial charge is 0.337 e. The monoisotopic (exact) mass is 934 g/mol. The minimum absolute atomic E-state index is 0.487. The SMILES string of the molecule is CCCCCCCCC(CCCCCCCC)n1c2cc(C)ccc2c2ccc(-c3ccc(-c4ccc(-c5ccc(C)s5)c5nc(-c6ccc(CC)cc6)c(-c6ccc(CC)cc6)nc45)s3)cc21. The molecule has 0 aliphatic heterocycles. The average molecular weight is 934 g/mol. The molecule has 4 aromatic heterocycles. The highest BCUT2D eigenvalue weighted by molar-refractivity contribution is 7.19. The zero-order valence-corrected chi connectivity index (χ0v) is 43.2. The number of thiophene rings is 2. The summed E-state index contributed by atoms with van der Waals surface area (Å²) in [6.45, 7) is 13.5. The van der Waals surface area contributed by atoms with Crippen molar-refractivity contribution in [2.75, 3.05) is 0 Å². The van der Waals surface area contributed by atoms with Crippen LogP contribution in [0.2, 0.25) is 0 Å². The molecule has 0 amide bonds. The van der Waals surface area contributed by atoms with Crippen molar-refractivity contribution in [1.29, 1.82) is 0 Å². The van der Waals surface area contributed by atoms with Gasteiger partial charge in [0.1, 0.15) is 0 Å². The summed E-state index contributed by atoms with van der Waals surface area (Å²) in [5.74, 6) is 0. The fourth-order valence-electron chi connectivity index (χ4n) is 10.4. The van der Waals surface area contributed by atoms with E-state index >= 15 is 0 Å². The van der Waals surface area contributed by atoms with Gasteiger partial charge in [-0.1, -0.05) is 190 Å². The van der Waals surface area contributed by atoms with Crippen LogP contribution < -0.4 is 0 Å². The molecule has 0 saturated heterocycles. The second kappa shape index (κ2) is 22.4. The van der Waals surface area contributed by atoms with E-state index in [2.05, 4.69) is 167 Å². The van der Waals surface area contributed by atoms with Gasteiger partial charge < -0.3 is 4.57 Å². The van der Waals surface area contributed by atoms with Crippen LogP contribution in [0.15, 0.2) is 121 Å². The lowest BCUT2D eigenvalue weighted by atomic mass is 9.99. The van der Waals surface area contributed by atoms with Crippen LogP contribution >= 0.6 is 22.7 Å². The average Bonchev–Trinajstić information content (AvgIpc) is 4.12. The molecule has 0 atom stereocenters. The van der Waals surface area contributed by atoms with Gasteiger partial charge >= 0.3 is 0 Å². The highest BCUT2D eigenvalue weighted by Gasteiger charge is 2.23. The number of nitrogens with zero attached hydrogens (tertiary/aromatic N) is 3. The van der Waals surface area contributed by atoms with Crippen LogP contribution in [-0.4, -0.2) is 14.5 Å². The van der Waals surface area contributed by atoms with E-state index in [9.17, 15) is 0 Å². The van der Waals surface area contributed by atoms with Crippen LogP contribution in [0.5, 0.6) is 0 Å². The number of aromatic nitrogens is 3. The van der Waals surface area contributed by atoms with Gasteiger partial charge in [-0.15, -0.1) is 22.7 Å². The van der Waals surface area contributed by atoms with Gasteiger partial charge in [0.15, 0.2) is 0 Å². The van der Waals surface area contributed by atoms with Crippen LogP contribution in [-0.2, 0) is 12.8 Å². The number of hydrogen-bond acceptors (Lipinski definition) is 4. The van der Waals surface area contributed by atoms with Crippen LogP contribution in [0.3, 0.4) is 0 Å². The first-order chi connectivity index (χ1) is 33.4. The Balaban J connectivity index is 1.15. The van der Waals surface area contributed by atoms with Crippen LogP contribution in [0, 0.1) is 13.8 Å². The molecular weight excluding hydrogens is 863 g/mol. The molecule has 9 aromatic rings. The quantitative estimate of drug-likeness (QED) is 0.0634. The summed E-state index contributed by atoms with van der Waals surface area (Å²) in [6.07, 6.45) is 20.5. The van der Waals surface area contributed by atoms with Crippen molar-refractivity contribution in [3.8, 4) is 53.8 Å². The maximum absolute atomic E-state index is 5.71. The molecule has 9 rings (SSSR count). The summed E-state index contributed by atoms with van der Waals surface area (Å²) in [6, 6.07) is 46.5. The van der Waals surface area contributed by atoms with Crippen molar-refractivity contribution in [2.45, 2.75) is 150 Å². The number of benzene rings is 5. The van der Waals surface area contributed by atoms with Gasteiger partial charge in [-0.2, -0.15) is 0 Å². The second-order valence-corrected chi connectivity index (χ2v) is 21.7. The lowest BCUT2D eigenvalue weighted by Crippen LogP contribution is -2.09. The van der Waals surface area contributed by atoms with Crippen molar-refractivity contribution in [1.82, 2.24) is 14.5 Å². The minimum atomic E-state index is 0.487. The van der Waals surface area contributed by atoms with Crippen LogP contribution in [0.25, 0.3) is 86.7 Å². The van der Waals surface area contributed by atoms with Crippen LogP contribution in [0.4, 0.5) is 0 Å². The first-order valence-electron chi connectivity index (χ1n) is 26.1. The highest BCUT2D eigenvalue weighted by Crippen LogP contribution is 2.45. The fourth-order valence-corrected chi connectivity index (χ4v) is 12.3. The third-order valence-corrected chi connectivity index (χ3v) is 16.6. The Kier molecular flexibility index (Phi) is 15.7. The molecule has 4 heterocycles. The van der Waals surface area contributed by atoms with E-state index in [4.69, 9.17) is 9.97 Å². The molecule has 5 aromatic carbocycles. The van der Waals surface area contributed by atoms with Gasteiger partial charge in [-0.05, 0) is 98.2 Å². The number of hydrogen-bond donors (Lipinski definition) is 0. The summed E-state index contributed by atoms with van der Waals surface area (Å²) in [7, 11) is 0. The standard InChI is InChI=1S/C63H71N3S2/c1-7-11-13-15-17-19-21-50(22-20-18-16-14-12-8-2)66-55-41-43(5)23-34-51(55)52-35-33-49(42-56(52)66)57-39-40-59(68-57)54-37-36-53(58-38-24-44(6)67-58)62-63(54)65-61(48-31-27-46(10-4)28-32-48)60(64-62)47-29-25-45(9-3)26-30-47/h23-42,50H,7-22H2,1-6H3. The smallest absolute Gasteiger partial charge is 0.0988 e. The van der Waals surface area contributed by atoms with E-state index in [-0.39, 0.29) is 0 Å². The van der Waals surface area contributed by atoms with E-state index in [0.717, 1.165) is 57.5 Å². The fraction of sp³-hybridized carbons (Fsp3) is 0.365. The normalized spacial score (nSPS) is 11.9. The molecule has 0 spiro atoms. The Morgan fingerprint density at radius 1 is 0.441 bits per heavy atom. The molecule has 0 unspecified atom stereocenters. The van der Waals surface area contributed by atoms with Gasteiger partial charge in [0, 0.05) is 64.1 Å². The van der Waals surface area contributed by atoms with Crippen molar-refractivity contribution < 1.29 is 0 Å². The Hall–Kier alpha value is -5.36. The highest BCUT2D eigenvalue weighted by atomic mass is 32.1. The Morgan fingerprint density at radius 2 is 0.912 bits per heavy atom. The Morgan fingerprint density at radius 3 is 1.44 bits per heavy atom. The number of unbranched alkanes of at least 4 members (excludes halogenated alkanes) is 10. The first-order valence-corrected chi connectivity index (χ1v) is 27.8. The third-order valence-electron chi connectivity index (χ3n) is 14.4. The van der Waals surface area contributed by atoms with Crippen molar-refractivity contribution in [3.63, 3.8) is 0 Å². The van der Waals surface area contributed by atoms with Crippen molar-refractivity contribution in [3.05, 3.63) is 143 Å². The molecule has 0 aliphatic carbocycles. The predicted octanol–water partition coefficient (Wildman–Crippen LogP) is 20.0. The summed E-state index contributed by atoms with van der Waals surface area (Å²) in [4.78, 5) is 16.4. The minimum Gasteiger partial charge on any atom is -0.337 e. The predicted molar refractivity (Wildman–Crippen MR) is 299 cm³/mol. The lowest BCUT2D eigenvalue weighted by molar-refractivity contribution is 0.410. The molecule has 350 valence electrons. The molecule has 0 aliphatic rings. The summed E-state index contributed by atoms with van der Waals surface area (Å²) in [5.41, 5.74) is 16.2. The second-order valence-electron chi connectivity index (χ2n) is 19.3. The molecule has 68 heavy (non-hydrogen) atoms. The first kappa shape index (κ1) is 47.7. The number of aryl methyl sites for hydroxylation is 4. The summed E-state index contributed by atoms with van der Waals surface area (Å²) in [5, 5.41) is 2.75. The summed E-state index contributed by atoms with van der Waals surface area (Å²) < 4.78 is 2.78. The molecule has 0 bridgehead atoms. The molecule has 0 fully saturated rings. The van der Waals surface area contributed by atoms with Gasteiger partial charge in [0.25, 0.3) is 0 Å². The van der Waals surface area contributed by atoms with E-state index in [1.54, 1.807) is 0 Å². The molecule has 0 saturated carbocycles. The summed E-state index contributed by atoms with van der Waals surface area (Å²) >= 11 is 3.70. The van der Waals surface area contributed by atoms with E-state index in [1.165, 1.54) is 153 Å². The lowest BCUT2D eigenvalue weighted by Gasteiger charge is -2.22. The van der Waals surface area contributed by atoms with Crippen molar-refractivity contribution >= 4 is 55.5 Å². The van der Waals surface area contributed by atoms with Gasteiger partial charge in [0.05, 0.1) is 27.9 Å². The van der Waals surface area contributed by atoms with Gasteiger partial charge in [-0.25, -0.2) is 9.97 Å². The Labute approximate surface area is 414 Å². The number of fused-ring (bicyclic) bond motifs is 4. The Bertz CT molecular complexity index is 3070. The van der Waals surface area contributed by atoms with Gasteiger partial charge in [-0.3, -0.25) is 0 Å². The van der Waals surface area contributed by atoms with E-state index in [0.29, 0.717) is 6.04 Å². The molecule has 0 N–H and O–H groups in total. The van der Waals surface area contributed by atoms with Crippen LogP contribution in [0.1, 0.15) is 145 Å². The maximum atomic E-state index is 5.71. The topological polar surface area (TPSA) is 30.7 Å². The molecule has 3 nitrogen and oxygen atoms in total. The van der Waals surface area contributed by atoms with Gasteiger partial charge in [0.2, 0.25) is 0 Å². The molecule has 0 radical (unpaired) electrons.